The zero-order chi connectivity index (χ0) is 35.5. The third-order valence-corrected chi connectivity index (χ3v) is 13.8. The van der Waals surface area contributed by atoms with Crippen molar-refractivity contribution < 1.29 is 29.6 Å². The van der Waals surface area contributed by atoms with E-state index < -0.39 is 6.10 Å². The molecular weight excluding hydrogens is 628 g/mol. The molecule has 5 N–H and O–H groups in total. The molecule has 5 aliphatic rings. The summed E-state index contributed by atoms with van der Waals surface area (Å²) in [5.41, 5.74) is 0. The number of ether oxygens (including phenoxy) is 1. The van der Waals surface area contributed by atoms with E-state index in [1.165, 1.54) is 32.1 Å². The second kappa shape index (κ2) is 20.2. The summed E-state index contributed by atoms with van der Waals surface area (Å²) in [6, 6.07) is 0. The molecule has 0 bridgehead atoms. The number of piperidine rings is 1. The average Bonchev–Trinajstić information content (AvgIpc) is 3.29. The summed E-state index contributed by atoms with van der Waals surface area (Å²) >= 11 is 0. The second-order valence-corrected chi connectivity index (χ2v) is 17.1. The molecule has 4 fully saturated rings. The molecular formula is C42H70N2O6. The molecule has 0 spiro atoms. The molecule has 284 valence electrons. The van der Waals surface area contributed by atoms with Crippen molar-refractivity contribution in [3.8, 4) is 11.8 Å². The van der Waals surface area contributed by atoms with Crippen LogP contribution in [0.15, 0.2) is 0 Å². The highest BCUT2D eigenvalue weighted by atomic mass is 16.5. The lowest BCUT2D eigenvalue weighted by Crippen LogP contribution is -2.48. The summed E-state index contributed by atoms with van der Waals surface area (Å²) in [4.78, 5) is 27.8. The highest BCUT2D eigenvalue weighted by molar-refractivity contribution is 6.00. The lowest BCUT2D eigenvalue weighted by Gasteiger charge is -2.44. The molecule has 0 aromatic rings. The van der Waals surface area contributed by atoms with E-state index >= 15 is 0 Å². The molecule has 0 aromatic heterocycles. The summed E-state index contributed by atoms with van der Waals surface area (Å²) in [7, 11) is 1.68. The number of ketones is 2. The minimum absolute atomic E-state index is 0.00689. The molecule has 1 heterocycles. The summed E-state index contributed by atoms with van der Waals surface area (Å²) in [5.74, 6) is 10.1. The largest absolute Gasteiger partial charge is 0.396 e. The van der Waals surface area contributed by atoms with Crippen molar-refractivity contribution >= 4 is 11.6 Å². The van der Waals surface area contributed by atoms with Crippen LogP contribution in [-0.4, -0.2) is 78.7 Å². The van der Waals surface area contributed by atoms with Crippen molar-refractivity contribution in [3.05, 3.63) is 0 Å². The summed E-state index contributed by atoms with van der Waals surface area (Å²) in [5, 5.41) is 38.3. The maximum absolute atomic E-state index is 14.3. The summed E-state index contributed by atoms with van der Waals surface area (Å²) in [6.45, 7) is 4.29. The van der Waals surface area contributed by atoms with Crippen LogP contribution < -0.4 is 10.6 Å². The van der Waals surface area contributed by atoms with E-state index in [9.17, 15) is 24.9 Å². The van der Waals surface area contributed by atoms with Gasteiger partial charge in [-0.05, 0) is 138 Å². The van der Waals surface area contributed by atoms with Gasteiger partial charge in [0.25, 0.3) is 0 Å². The van der Waals surface area contributed by atoms with Gasteiger partial charge in [0, 0.05) is 44.5 Å². The molecule has 0 amide bonds. The molecule has 1 aliphatic heterocycles. The van der Waals surface area contributed by atoms with Gasteiger partial charge >= 0.3 is 0 Å². The normalized spacial score (nSPS) is 38.4. The number of carbonyl (C=O) groups excluding carboxylic acids is 2. The van der Waals surface area contributed by atoms with E-state index in [4.69, 9.17) is 4.74 Å². The van der Waals surface area contributed by atoms with Crippen LogP contribution in [0.2, 0.25) is 0 Å². The summed E-state index contributed by atoms with van der Waals surface area (Å²) in [6.07, 6.45) is 16.7. The summed E-state index contributed by atoms with van der Waals surface area (Å²) < 4.78 is 5.73. The molecule has 3 saturated carbocycles. The quantitative estimate of drug-likeness (QED) is 0.101. The van der Waals surface area contributed by atoms with Crippen LogP contribution in [0.4, 0.5) is 0 Å². The molecule has 12 unspecified atom stereocenters. The molecule has 12 atom stereocenters. The topological polar surface area (TPSA) is 128 Å². The van der Waals surface area contributed by atoms with Gasteiger partial charge in [-0.2, -0.15) is 0 Å². The number of Topliss-reactive ketones (excluding diaryl/α,β-unsaturated/α-hetero) is 2. The van der Waals surface area contributed by atoms with Crippen molar-refractivity contribution in [1.29, 1.82) is 0 Å². The van der Waals surface area contributed by atoms with Crippen LogP contribution in [0.1, 0.15) is 129 Å². The van der Waals surface area contributed by atoms with Gasteiger partial charge in [0.1, 0.15) is 11.6 Å². The van der Waals surface area contributed by atoms with Gasteiger partial charge < -0.3 is 30.7 Å². The van der Waals surface area contributed by atoms with Gasteiger partial charge in [-0.1, -0.05) is 44.4 Å². The number of aliphatic hydroxyl groups is 3. The predicted octanol–water partition coefficient (Wildman–Crippen LogP) is 5.66. The van der Waals surface area contributed by atoms with E-state index in [0.717, 1.165) is 83.7 Å². The monoisotopic (exact) mass is 699 g/mol. The maximum Gasteiger partial charge on any atom is 0.144 e. The van der Waals surface area contributed by atoms with E-state index in [0.29, 0.717) is 30.6 Å². The lowest BCUT2D eigenvalue weighted by molar-refractivity contribution is -0.131. The molecule has 0 radical (unpaired) electrons. The van der Waals surface area contributed by atoms with Crippen molar-refractivity contribution in [2.75, 3.05) is 33.4 Å². The standard InChI is InChI=1S/C42H70N2O6/c1-3-8-33(27-46)34-21-29(19-28-15-17-44-42(22-28)43-16-7-18-45)20-31-12-14-36(30-9-5-4-6-10-30)37-26-40(49)41(50-2)24-32(37)11-13-35(47)25-39(48)38(31)23-34/h28-34,36-38,40-46,49H,3-11,13,15-27H2,1-2H3. The van der Waals surface area contributed by atoms with Crippen molar-refractivity contribution in [2.45, 2.75) is 147 Å². The van der Waals surface area contributed by atoms with Gasteiger partial charge in [-0.3, -0.25) is 9.59 Å². The van der Waals surface area contributed by atoms with E-state index in [-0.39, 0.29) is 84.9 Å². The minimum Gasteiger partial charge on any atom is -0.396 e. The Bertz CT molecular complexity index is 1120. The number of methoxy groups -OCH3 is 1. The average molecular weight is 699 g/mol. The number of hydrogen-bond acceptors (Lipinski definition) is 8. The fourth-order valence-corrected chi connectivity index (χ4v) is 11.1. The Labute approximate surface area is 303 Å². The number of rotatable bonds is 12. The predicted molar refractivity (Wildman–Crippen MR) is 197 cm³/mol. The number of hydrogen-bond donors (Lipinski definition) is 5. The maximum atomic E-state index is 14.3. The first-order valence-electron chi connectivity index (χ1n) is 20.8. The Morgan fingerprint density at radius 3 is 2.50 bits per heavy atom. The number of nitrogens with one attached hydrogen (secondary N) is 2. The number of carbonyl (C=O) groups is 2. The molecule has 0 aromatic carbocycles. The third-order valence-electron chi connectivity index (χ3n) is 13.8. The highest BCUT2D eigenvalue weighted by Gasteiger charge is 2.44. The smallest absolute Gasteiger partial charge is 0.144 e. The number of fused-ring (bicyclic) bond motifs is 2. The van der Waals surface area contributed by atoms with Crippen LogP contribution in [0.5, 0.6) is 0 Å². The van der Waals surface area contributed by atoms with Gasteiger partial charge in [0.05, 0.1) is 24.8 Å². The third kappa shape index (κ3) is 10.9. The fraction of sp³-hybridized carbons (Fsp3) is 0.905. The van der Waals surface area contributed by atoms with Crippen LogP contribution in [0.25, 0.3) is 0 Å². The Morgan fingerprint density at radius 2 is 1.76 bits per heavy atom. The van der Waals surface area contributed by atoms with Crippen molar-refractivity contribution in [1.82, 2.24) is 10.6 Å². The lowest BCUT2D eigenvalue weighted by atomic mass is 9.63. The van der Waals surface area contributed by atoms with Gasteiger partial charge in [0.2, 0.25) is 0 Å². The Morgan fingerprint density at radius 1 is 0.940 bits per heavy atom. The van der Waals surface area contributed by atoms with Gasteiger partial charge in [0.15, 0.2) is 0 Å². The van der Waals surface area contributed by atoms with Crippen molar-refractivity contribution in [3.63, 3.8) is 0 Å². The van der Waals surface area contributed by atoms with Crippen LogP contribution in [-0.2, 0) is 14.3 Å². The molecule has 8 heteroatoms. The first-order chi connectivity index (χ1) is 24.3. The zero-order valence-corrected chi connectivity index (χ0v) is 31.3. The first kappa shape index (κ1) is 39.9. The van der Waals surface area contributed by atoms with Crippen LogP contribution in [0, 0.1) is 71.0 Å². The molecule has 5 rings (SSSR count). The van der Waals surface area contributed by atoms with E-state index in [1.54, 1.807) is 7.11 Å². The Hall–Kier alpha value is -1.34. The van der Waals surface area contributed by atoms with Gasteiger partial charge in [-0.25, -0.2) is 0 Å². The fourth-order valence-electron chi connectivity index (χ4n) is 11.1. The molecule has 50 heavy (non-hydrogen) atoms. The number of aliphatic hydroxyl groups excluding tert-OH is 3. The van der Waals surface area contributed by atoms with Crippen LogP contribution in [0.3, 0.4) is 0 Å². The Kier molecular flexibility index (Phi) is 16.1. The minimum atomic E-state index is -0.518. The molecule has 8 nitrogen and oxygen atoms in total. The first-order valence-corrected chi connectivity index (χ1v) is 20.8. The van der Waals surface area contributed by atoms with E-state index in [1.807, 2.05) is 0 Å². The molecule has 1 saturated heterocycles. The zero-order valence-electron chi connectivity index (χ0n) is 31.3. The SMILES string of the molecule is CCCC(CO)C1CC(CC2CCNC(NCCCO)C2)CC2C#CC(C3CCCCC3)C3CC(O)C(OC)CC3CCC(=O)CC(=O)C2C1. The second-order valence-electron chi connectivity index (χ2n) is 17.1. The van der Waals surface area contributed by atoms with Gasteiger partial charge in [-0.15, -0.1) is 0 Å². The van der Waals surface area contributed by atoms with Crippen LogP contribution >= 0.6 is 0 Å². The Balaban J connectivity index is 1.48. The van der Waals surface area contributed by atoms with Crippen molar-refractivity contribution in [2.24, 2.45) is 59.2 Å². The van der Waals surface area contributed by atoms with E-state index in [2.05, 4.69) is 29.4 Å². The molecule has 4 aliphatic carbocycles. The highest BCUT2D eigenvalue weighted by Crippen LogP contribution is 2.47.